The molecule has 6 nitrogen and oxygen atoms in total. The number of nitrogens with one attached hydrogen (secondary N) is 2. The van der Waals surface area contributed by atoms with Gasteiger partial charge in [0.05, 0.1) is 11.2 Å². The minimum Gasteiger partial charge on any atom is -0.378 e. The molecular formula is C21H20N6. The number of hydrogen-bond donors (Lipinski definition) is 2. The highest BCUT2D eigenvalue weighted by molar-refractivity contribution is 5.91. The number of pyridine rings is 1. The van der Waals surface area contributed by atoms with Gasteiger partial charge in [-0.15, -0.1) is 0 Å². The summed E-state index contributed by atoms with van der Waals surface area (Å²) in [6.45, 7) is 0. The van der Waals surface area contributed by atoms with Crippen molar-refractivity contribution in [2.45, 2.75) is 0 Å². The molecule has 0 aliphatic carbocycles. The van der Waals surface area contributed by atoms with Crippen molar-refractivity contribution >= 4 is 39.6 Å². The Bertz CT molecular complexity index is 1050. The summed E-state index contributed by atoms with van der Waals surface area (Å²) in [7, 11) is 4.04. The molecule has 0 amide bonds. The summed E-state index contributed by atoms with van der Waals surface area (Å²) in [5.41, 5.74) is 3.94. The molecule has 0 saturated heterocycles. The van der Waals surface area contributed by atoms with Crippen LogP contribution in [0.1, 0.15) is 0 Å². The van der Waals surface area contributed by atoms with E-state index in [9.17, 15) is 0 Å². The van der Waals surface area contributed by atoms with Crippen molar-refractivity contribution < 1.29 is 0 Å². The minimum atomic E-state index is 0.704. The van der Waals surface area contributed by atoms with E-state index in [-0.39, 0.29) is 0 Å². The fourth-order valence-corrected chi connectivity index (χ4v) is 2.83. The van der Waals surface area contributed by atoms with Gasteiger partial charge in [-0.05, 0) is 36.4 Å². The summed E-state index contributed by atoms with van der Waals surface area (Å²) in [5.74, 6) is 1.42. The van der Waals surface area contributed by atoms with Gasteiger partial charge >= 0.3 is 0 Å². The molecule has 0 radical (unpaired) electrons. The van der Waals surface area contributed by atoms with Gasteiger partial charge in [-0.25, -0.2) is 9.97 Å². The van der Waals surface area contributed by atoms with E-state index in [1.54, 1.807) is 6.20 Å². The molecular weight excluding hydrogens is 336 g/mol. The van der Waals surface area contributed by atoms with E-state index in [1.165, 1.54) is 6.33 Å². The third-order valence-electron chi connectivity index (χ3n) is 4.22. The average Bonchev–Trinajstić information content (AvgIpc) is 2.69. The topological polar surface area (TPSA) is 66.0 Å². The Kier molecular flexibility index (Phi) is 4.53. The molecule has 4 aromatic rings. The molecule has 2 N–H and O–H groups in total. The largest absolute Gasteiger partial charge is 0.378 e. The van der Waals surface area contributed by atoms with Crippen LogP contribution in [0.4, 0.5) is 28.7 Å². The molecule has 0 fully saturated rings. The average molecular weight is 356 g/mol. The molecule has 2 aromatic heterocycles. The quantitative estimate of drug-likeness (QED) is 0.546. The lowest BCUT2D eigenvalue weighted by molar-refractivity contribution is 1.13. The summed E-state index contributed by atoms with van der Waals surface area (Å²) >= 11 is 0. The van der Waals surface area contributed by atoms with E-state index in [2.05, 4.69) is 42.6 Å². The Hall–Kier alpha value is -3.67. The van der Waals surface area contributed by atoms with Crippen LogP contribution in [0.3, 0.4) is 0 Å². The van der Waals surface area contributed by atoms with Crippen LogP contribution >= 0.6 is 0 Å². The van der Waals surface area contributed by atoms with Crippen LogP contribution in [-0.4, -0.2) is 29.0 Å². The van der Waals surface area contributed by atoms with Gasteiger partial charge in [-0.1, -0.05) is 18.2 Å². The molecule has 0 atom stereocenters. The van der Waals surface area contributed by atoms with Crippen molar-refractivity contribution in [1.82, 2.24) is 15.0 Å². The van der Waals surface area contributed by atoms with Gasteiger partial charge in [0.1, 0.15) is 18.0 Å². The fraction of sp³-hybridized carbons (Fsp3) is 0.0952. The van der Waals surface area contributed by atoms with Gasteiger partial charge in [0.15, 0.2) is 0 Å². The standard InChI is InChI=1S/C21H20N6/c1-27(2)17-10-8-16(9-11-17)25-19-13-20(24-14-23-19)26-18-7-3-5-15-6-4-12-22-21(15)18/h3-14H,1-2H3,(H2,23,24,25,26). The first-order valence-corrected chi connectivity index (χ1v) is 8.66. The number of aromatic nitrogens is 3. The van der Waals surface area contributed by atoms with Crippen LogP contribution in [0.25, 0.3) is 10.9 Å². The molecule has 27 heavy (non-hydrogen) atoms. The molecule has 0 aliphatic heterocycles. The SMILES string of the molecule is CN(C)c1ccc(Nc2cc(Nc3cccc4cccnc34)ncn2)cc1. The molecule has 0 saturated carbocycles. The first kappa shape index (κ1) is 16.8. The Morgan fingerprint density at radius 2 is 1.52 bits per heavy atom. The van der Waals surface area contributed by atoms with E-state index in [1.807, 2.05) is 62.6 Å². The summed E-state index contributed by atoms with van der Waals surface area (Å²) in [4.78, 5) is 15.2. The number of benzene rings is 2. The molecule has 0 unspecified atom stereocenters. The molecule has 6 heteroatoms. The second-order valence-electron chi connectivity index (χ2n) is 6.36. The van der Waals surface area contributed by atoms with Crippen molar-refractivity contribution in [3.05, 3.63) is 73.2 Å². The molecule has 0 bridgehead atoms. The minimum absolute atomic E-state index is 0.704. The van der Waals surface area contributed by atoms with Crippen LogP contribution in [0.15, 0.2) is 73.2 Å². The van der Waals surface area contributed by atoms with Gasteiger partial charge in [0.25, 0.3) is 0 Å². The van der Waals surface area contributed by atoms with E-state index in [0.717, 1.165) is 33.8 Å². The molecule has 0 spiro atoms. The zero-order chi connectivity index (χ0) is 18.6. The van der Waals surface area contributed by atoms with Gasteiger partial charge in [-0.2, -0.15) is 0 Å². The van der Waals surface area contributed by atoms with Gasteiger partial charge < -0.3 is 15.5 Å². The predicted octanol–water partition coefficient (Wildman–Crippen LogP) is 4.58. The third-order valence-corrected chi connectivity index (χ3v) is 4.22. The van der Waals surface area contributed by atoms with Crippen LogP contribution in [0, 0.1) is 0 Å². The van der Waals surface area contributed by atoms with E-state index in [0.29, 0.717) is 5.82 Å². The Balaban J connectivity index is 1.55. The van der Waals surface area contributed by atoms with Crippen LogP contribution in [0.2, 0.25) is 0 Å². The van der Waals surface area contributed by atoms with Gasteiger partial charge in [0.2, 0.25) is 0 Å². The van der Waals surface area contributed by atoms with Crippen molar-refractivity contribution in [3.63, 3.8) is 0 Å². The molecule has 2 heterocycles. The number of hydrogen-bond acceptors (Lipinski definition) is 6. The normalized spacial score (nSPS) is 10.6. The first-order chi connectivity index (χ1) is 13.2. The maximum absolute atomic E-state index is 4.46. The summed E-state index contributed by atoms with van der Waals surface area (Å²) < 4.78 is 0. The van der Waals surface area contributed by atoms with Crippen LogP contribution < -0.4 is 15.5 Å². The highest BCUT2D eigenvalue weighted by Crippen LogP contribution is 2.25. The monoisotopic (exact) mass is 356 g/mol. The lowest BCUT2D eigenvalue weighted by Crippen LogP contribution is -2.08. The Morgan fingerprint density at radius 1 is 0.778 bits per heavy atom. The second-order valence-corrected chi connectivity index (χ2v) is 6.36. The van der Waals surface area contributed by atoms with Crippen molar-refractivity contribution in [1.29, 1.82) is 0 Å². The van der Waals surface area contributed by atoms with Crippen molar-refractivity contribution in [2.75, 3.05) is 29.6 Å². The summed E-state index contributed by atoms with van der Waals surface area (Å²) in [6, 6.07) is 20.1. The van der Waals surface area contributed by atoms with E-state index >= 15 is 0 Å². The zero-order valence-corrected chi connectivity index (χ0v) is 15.2. The number of fused-ring (bicyclic) bond motifs is 1. The molecule has 2 aromatic carbocycles. The lowest BCUT2D eigenvalue weighted by Gasteiger charge is -2.13. The fourth-order valence-electron chi connectivity index (χ4n) is 2.83. The number of para-hydroxylation sites is 1. The highest BCUT2D eigenvalue weighted by atomic mass is 15.1. The maximum Gasteiger partial charge on any atom is 0.135 e. The molecule has 0 aliphatic rings. The molecule has 4 rings (SSSR count). The zero-order valence-electron chi connectivity index (χ0n) is 15.2. The van der Waals surface area contributed by atoms with Gasteiger partial charge in [-0.3, -0.25) is 4.98 Å². The Labute approximate surface area is 157 Å². The molecule has 134 valence electrons. The number of rotatable bonds is 5. The van der Waals surface area contributed by atoms with E-state index in [4.69, 9.17) is 0 Å². The predicted molar refractivity (Wildman–Crippen MR) is 111 cm³/mol. The van der Waals surface area contributed by atoms with Crippen molar-refractivity contribution in [2.24, 2.45) is 0 Å². The highest BCUT2D eigenvalue weighted by Gasteiger charge is 2.05. The Morgan fingerprint density at radius 3 is 2.30 bits per heavy atom. The van der Waals surface area contributed by atoms with Crippen LogP contribution in [0.5, 0.6) is 0 Å². The second kappa shape index (κ2) is 7.29. The van der Waals surface area contributed by atoms with Crippen LogP contribution in [-0.2, 0) is 0 Å². The van der Waals surface area contributed by atoms with Crippen molar-refractivity contribution in [3.8, 4) is 0 Å². The maximum atomic E-state index is 4.46. The number of anilines is 5. The first-order valence-electron chi connectivity index (χ1n) is 8.66. The smallest absolute Gasteiger partial charge is 0.135 e. The van der Waals surface area contributed by atoms with E-state index < -0.39 is 0 Å². The third kappa shape index (κ3) is 3.79. The summed E-state index contributed by atoms with van der Waals surface area (Å²) in [5, 5.41) is 7.72. The summed E-state index contributed by atoms with van der Waals surface area (Å²) in [6.07, 6.45) is 3.33. The number of nitrogens with zero attached hydrogens (tertiary/aromatic N) is 4. The van der Waals surface area contributed by atoms with Gasteiger partial charge in [0, 0.05) is 43.1 Å². The lowest BCUT2D eigenvalue weighted by atomic mass is 10.2.